The molecule has 1 aromatic rings. The van der Waals surface area contributed by atoms with Crippen LogP contribution in [-0.4, -0.2) is 18.1 Å². The number of hydrogen-bond donors (Lipinski definition) is 1. The van der Waals surface area contributed by atoms with Gasteiger partial charge in [-0.1, -0.05) is 24.1 Å². The van der Waals surface area contributed by atoms with Gasteiger partial charge < -0.3 is 5.32 Å². The highest BCUT2D eigenvalue weighted by Crippen LogP contribution is 2.29. The summed E-state index contributed by atoms with van der Waals surface area (Å²) in [5.41, 5.74) is 0.0234. The highest BCUT2D eigenvalue weighted by atomic mass is 32.2. The molecule has 0 spiro atoms. The highest BCUT2D eigenvalue weighted by molar-refractivity contribution is 7.99. The summed E-state index contributed by atoms with van der Waals surface area (Å²) in [4.78, 5) is 0. The van der Waals surface area contributed by atoms with Crippen LogP contribution in [0.15, 0.2) is 24.3 Å². The van der Waals surface area contributed by atoms with Crippen molar-refractivity contribution in [2.75, 3.05) is 18.1 Å². The molecule has 0 unspecified atom stereocenters. The monoisotopic (exact) mass is 273 g/mol. The summed E-state index contributed by atoms with van der Waals surface area (Å²) in [5, 5.41) is 3.08. The Morgan fingerprint density at radius 3 is 2.78 bits per heavy atom. The van der Waals surface area contributed by atoms with Crippen molar-refractivity contribution >= 4 is 11.8 Å². The number of thioether (sulfide) groups is 1. The van der Waals surface area contributed by atoms with E-state index in [9.17, 15) is 13.2 Å². The molecule has 1 N–H and O–H groups in total. The minimum absolute atomic E-state index is 0.431. The van der Waals surface area contributed by atoms with Crippen LogP contribution in [0, 0.1) is 12.3 Å². The van der Waals surface area contributed by atoms with Crippen LogP contribution in [0.5, 0.6) is 0 Å². The predicted octanol–water partition coefficient (Wildman–Crippen LogP) is 3.16. The third-order valence-electron chi connectivity index (χ3n) is 2.19. The number of hydrogen-bond acceptors (Lipinski definition) is 2. The number of nitrogens with one attached hydrogen (secondary N) is 1. The molecule has 1 aromatic carbocycles. The second kappa shape index (κ2) is 7.34. The molecule has 0 aliphatic carbocycles. The fourth-order valence-corrected chi connectivity index (χ4v) is 1.92. The van der Waals surface area contributed by atoms with Gasteiger partial charge in [0.2, 0.25) is 0 Å². The van der Waals surface area contributed by atoms with Gasteiger partial charge in [0.1, 0.15) is 0 Å². The lowest BCUT2D eigenvalue weighted by atomic mass is 10.1. The summed E-state index contributed by atoms with van der Waals surface area (Å²) < 4.78 is 37.4. The van der Waals surface area contributed by atoms with Gasteiger partial charge in [-0.05, 0) is 11.6 Å². The van der Waals surface area contributed by atoms with E-state index in [0.717, 1.165) is 18.4 Å². The first-order valence-corrected chi connectivity index (χ1v) is 6.57. The van der Waals surface area contributed by atoms with Crippen molar-refractivity contribution in [1.82, 2.24) is 5.32 Å². The quantitative estimate of drug-likeness (QED) is 0.631. The van der Waals surface area contributed by atoms with Gasteiger partial charge in [-0.15, -0.1) is 18.2 Å². The zero-order chi connectivity index (χ0) is 13.4. The minimum atomic E-state index is -4.28. The number of alkyl halides is 3. The van der Waals surface area contributed by atoms with Gasteiger partial charge >= 0.3 is 6.18 Å². The van der Waals surface area contributed by atoms with Crippen molar-refractivity contribution in [3.63, 3.8) is 0 Å². The van der Waals surface area contributed by atoms with Crippen LogP contribution in [0.2, 0.25) is 0 Å². The van der Waals surface area contributed by atoms with Crippen LogP contribution in [-0.2, 0) is 12.7 Å². The topological polar surface area (TPSA) is 12.0 Å². The van der Waals surface area contributed by atoms with Crippen molar-refractivity contribution in [3.8, 4) is 12.3 Å². The maximum atomic E-state index is 12.5. The summed E-state index contributed by atoms with van der Waals surface area (Å²) in [6, 6.07) is 5.34. The van der Waals surface area contributed by atoms with E-state index in [1.807, 2.05) is 0 Å². The molecule has 1 rings (SSSR count). The zero-order valence-corrected chi connectivity index (χ0v) is 10.6. The lowest BCUT2D eigenvalue weighted by Gasteiger charge is -2.09. The molecule has 5 heteroatoms. The fourth-order valence-electron chi connectivity index (χ4n) is 1.37. The first-order chi connectivity index (χ1) is 8.54. The van der Waals surface area contributed by atoms with E-state index in [1.165, 1.54) is 12.1 Å². The maximum Gasteiger partial charge on any atom is 0.416 e. The molecule has 0 aliphatic heterocycles. The average molecular weight is 273 g/mol. The van der Waals surface area contributed by atoms with E-state index in [0.29, 0.717) is 17.9 Å². The standard InChI is InChI=1S/C13H14F3NS/c1-2-7-18-8-6-17-10-11-4-3-5-12(9-11)13(14,15)16/h1,3-5,9,17H,6-8,10H2. The van der Waals surface area contributed by atoms with E-state index in [2.05, 4.69) is 11.2 Å². The molecule has 0 radical (unpaired) electrons. The van der Waals surface area contributed by atoms with Gasteiger partial charge in [-0.3, -0.25) is 0 Å². The Morgan fingerprint density at radius 1 is 1.33 bits per heavy atom. The average Bonchev–Trinajstić information content (AvgIpc) is 2.33. The first-order valence-electron chi connectivity index (χ1n) is 5.42. The summed E-state index contributed by atoms with van der Waals surface area (Å²) in [6.45, 7) is 1.16. The lowest BCUT2D eigenvalue weighted by Crippen LogP contribution is -2.17. The van der Waals surface area contributed by atoms with Gasteiger partial charge in [-0.25, -0.2) is 0 Å². The van der Waals surface area contributed by atoms with Gasteiger partial charge in [0.05, 0.1) is 11.3 Å². The third-order valence-corrected chi connectivity index (χ3v) is 3.06. The van der Waals surface area contributed by atoms with E-state index in [1.54, 1.807) is 17.8 Å². The van der Waals surface area contributed by atoms with E-state index in [-0.39, 0.29) is 0 Å². The van der Waals surface area contributed by atoms with Gasteiger partial charge in [-0.2, -0.15) is 13.2 Å². The van der Waals surface area contributed by atoms with Crippen LogP contribution in [0.3, 0.4) is 0 Å². The Balaban J connectivity index is 2.37. The molecule has 0 heterocycles. The van der Waals surface area contributed by atoms with Crippen LogP contribution < -0.4 is 5.32 Å². The highest BCUT2D eigenvalue weighted by Gasteiger charge is 2.30. The Bertz CT molecular complexity index is 409. The Morgan fingerprint density at radius 2 is 2.11 bits per heavy atom. The van der Waals surface area contributed by atoms with Crippen LogP contribution in [0.25, 0.3) is 0 Å². The molecule has 0 aliphatic rings. The number of benzene rings is 1. The molecule has 0 saturated carbocycles. The molecule has 0 atom stereocenters. The molecular weight excluding hydrogens is 259 g/mol. The van der Waals surface area contributed by atoms with Gasteiger partial charge in [0.15, 0.2) is 0 Å². The Kier molecular flexibility index (Phi) is 6.10. The molecule has 98 valence electrons. The van der Waals surface area contributed by atoms with Gasteiger partial charge in [0, 0.05) is 18.8 Å². The molecule has 0 amide bonds. The Hall–Kier alpha value is -1.12. The van der Waals surface area contributed by atoms with Crippen molar-refractivity contribution in [3.05, 3.63) is 35.4 Å². The summed E-state index contributed by atoms with van der Waals surface area (Å²) >= 11 is 1.62. The fraction of sp³-hybridized carbons (Fsp3) is 0.385. The van der Waals surface area contributed by atoms with Crippen molar-refractivity contribution < 1.29 is 13.2 Å². The molecule has 0 saturated heterocycles. The summed E-state index contributed by atoms with van der Waals surface area (Å²) in [6.07, 6.45) is 0.815. The Labute approximate surface area is 109 Å². The number of halogens is 3. The number of rotatable bonds is 6. The van der Waals surface area contributed by atoms with E-state index >= 15 is 0 Å². The SMILES string of the molecule is C#CCSCCNCc1cccc(C(F)(F)F)c1. The van der Waals surface area contributed by atoms with Crippen molar-refractivity contribution in [2.45, 2.75) is 12.7 Å². The zero-order valence-electron chi connectivity index (χ0n) is 9.76. The minimum Gasteiger partial charge on any atom is -0.312 e. The predicted molar refractivity (Wildman–Crippen MR) is 69.3 cm³/mol. The smallest absolute Gasteiger partial charge is 0.312 e. The second-order valence-electron chi connectivity index (χ2n) is 3.63. The van der Waals surface area contributed by atoms with Crippen LogP contribution in [0.4, 0.5) is 13.2 Å². The van der Waals surface area contributed by atoms with Crippen molar-refractivity contribution in [1.29, 1.82) is 0 Å². The van der Waals surface area contributed by atoms with E-state index in [4.69, 9.17) is 6.42 Å². The first kappa shape index (κ1) is 14.9. The molecular formula is C13H14F3NS. The molecule has 18 heavy (non-hydrogen) atoms. The normalized spacial score (nSPS) is 11.2. The largest absolute Gasteiger partial charge is 0.416 e. The lowest BCUT2D eigenvalue weighted by molar-refractivity contribution is -0.137. The van der Waals surface area contributed by atoms with Gasteiger partial charge in [0.25, 0.3) is 0 Å². The second-order valence-corrected chi connectivity index (χ2v) is 4.74. The summed E-state index contributed by atoms with van der Waals surface area (Å²) in [7, 11) is 0. The van der Waals surface area contributed by atoms with Crippen LogP contribution >= 0.6 is 11.8 Å². The maximum absolute atomic E-state index is 12.5. The molecule has 0 fully saturated rings. The summed E-state index contributed by atoms with van der Waals surface area (Å²) in [5.74, 6) is 4.02. The molecule has 1 nitrogen and oxygen atoms in total. The third kappa shape index (κ3) is 5.48. The van der Waals surface area contributed by atoms with E-state index < -0.39 is 11.7 Å². The number of terminal acetylenes is 1. The molecule has 0 aromatic heterocycles. The van der Waals surface area contributed by atoms with Crippen molar-refractivity contribution in [2.24, 2.45) is 0 Å². The van der Waals surface area contributed by atoms with Crippen LogP contribution in [0.1, 0.15) is 11.1 Å². The molecule has 0 bridgehead atoms.